The van der Waals surface area contributed by atoms with E-state index in [1.807, 2.05) is 0 Å². The summed E-state index contributed by atoms with van der Waals surface area (Å²) in [5, 5.41) is 14.6. The molecule has 2 aromatic rings. The molecule has 0 radical (unpaired) electrons. The Hall–Kier alpha value is -2.61. The summed E-state index contributed by atoms with van der Waals surface area (Å²) >= 11 is 0. The Morgan fingerprint density at radius 1 is 1.20 bits per heavy atom. The van der Waals surface area contributed by atoms with Gasteiger partial charge in [-0.2, -0.15) is 13.2 Å². The maximum Gasteiger partial charge on any atom is 0.433 e. The van der Waals surface area contributed by atoms with Crippen molar-refractivity contribution in [3.8, 4) is 0 Å². The van der Waals surface area contributed by atoms with Crippen LogP contribution in [0.4, 0.5) is 18.9 Å². The average molecular weight is 353 g/mol. The highest BCUT2D eigenvalue weighted by Gasteiger charge is 2.31. The van der Waals surface area contributed by atoms with Crippen LogP contribution >= 0.6 is 0 Å². The summed E-state index contributed by atoms with van der Waals surface area (Å²) in [5.74, 6) is -0.292. The molecule has 8 heteroatoms. The molecule has 0 aliphatic heterocycles. The number of anilines is 1. The Morgan fingerprint density at radius 2 is 1.88 bits per heavy atom. The number of pyridine rings is 1. The Balaban J connectivity index is 1.92. The van der Waals surface area contributed by atoms with E-state index < -0.39 is 11.9 Å². The van der Waals surface area contributed by atoms with Crippen LogP contribution in [0.2, 0.25) is 0 Å². The van der Waals surface area contributed by atoms with Crippen LogP contribution in [-0.2, 0) is 12.7 Å². The highest BCUT2D eigenvalue weighted by atomic mass is 19.4. The fourth-order valence-electron chi connectivity index (χ4n) is 1.99. The van der Waals surface area contributed by atoms with Gasteiger partial charge in [0.15, 0.2) is 0 Å². The zero-order chi connectivity index (χ0) is 18.4. The molecular weight excluding hydrogens is 335 g/mol. The van der Waals surface area contributed by atoms with Crippen molar-refractivity contribution >= 4 is 11.6 Å². The molecule has 1 aromatic carbocycles. The molecule has 0 aliphatic rings. The third-order valence-corrected chi connectivity index (χ3v) is 3.41. The van der Waals surface area contributed by atoms with Gasteiger partial charge in [-0.15, -0.1) is 0 Å². The van der Waals surface area contributed by atoms with Gasteiger partial charge in [-0.1, -0.05) is 6.07 Å². The largest absolute Gasteiger partial charge is 0.433 e. The second-order valence-electron chi connectivity index (χ2n) is 5.54. The summed E-state index contributed by atoms with van der Waals surface area (Å²) in [4.78, 5) is 15.3. The number of halogens is 3. The Morgan fingerprint density at radius 3 is 2.40 bits per heavy atom. The van der Waals surface area contributed by atoms with Crippen LogP contribution in [-0.4, -0.2) is 28.6 Å². The molecule has 0 fully saturated rings. The molecule has 25 heavy (non-hydrogen) atoms. The summed E-state index contributed by atoms with van der Waals surface area (Å²) in [5.41, 5.74) is 0.837. The number of hydrogen-bond donors (Lipinski definition) is 3. The van der Waals surface area contributed by atoms with E-state index in [2.05, 4.69) is 15.6 Å². The molecule has 1 atom stereocenters. The Bertz CT molecular complexity index is 701. The van der Waals surface area contributed by atoms with Crippen molar-refractivity contribution in [2.45, 2.75) is 25.7 Å². The molecule has 1 unspecified atom stereocenters. The number of nitrogens with one attached hydrogen (secondary N) is 2. The summed E-state index contributed by atoms with van der Waals surface area (Å²) in [7, 11) is 0. The number of aliphatic hydroxyl groups is 1. The zero-order valence-corrected chi connectivity index (χ0v) is 13.5. The molecule has 3 N–H and O–H groups in total. The third kappa shape index (κ3) is 5.46. The van der Waals surface area contributed by atoms with E-state index >= 15 is 0 Å². The first-order chi connectivity index (χ1) is 11.8. The summed E-state index contributed by atoms with van der Waals surface area (Å²) in [6.45, 7) is 1.84. The first kappa shape index (κ1) is 18.7. The fraction of sp³-hybridized carbons (Fsp3) is 0.294. The van der Waals surface area contributed by atoms with E-state index in [1.54, 1.807) is 31.2 Å². The molecule has 1 heterocycles. The smallest absolute Gasteiger partial charge is 0.394 e. The first-order valence-electron chi connectivity index (χ1n) is 7.57. The second kappa shape index (κ2) is 7.98. The average Bonchev–Trinajstić information content (AvgIpc) is 2.59. The summed E-state index contributed by atoms with van der Waals surface area (Å²) in [6, 6.07) is 8.58. The van der Waals surface area contributed by atoms with E-state index in [1.165, 1.54) is 12.3 Å². The van der Waals surface area contributed by atoms with Gasteiger partial charge < -0.3 is 15.7 Å². The van der Waals surface area contributed by atoms with Gasteiger partial charge >= 0.3 is 6.18 Å². The number of amides is 1. The van der Waals surface area contributed by atoms with Gasteiger partial charge in [-0.05, 0) is 42.8 Å². The maximum absolute atomic E-state index is 12.5. The third-order valence-electron chi connectivity index (χ3n) is 3.41. The second-order valence-corrected chi connectivity index (χ2v) is 5.54. The van der Waals surface area contributed by atoms with E-state index in [0.717, 1.165) is 6.07 Å². The Kier molecular flexibility index (Phi) is 5.97. The van der Waals surface area contributed by atoms with Crippen molar-refractivity contribution in [2.24, 2.45) is 0 Å². The Labute approximate surface area is 142 Å². The van der Waals surface area contributed by atoms with Gasteiger partial charge in [-0.25, -0.2) is 0 Å². The number of rotatable bonds is 6. The first-order valence-corrected chi connectivity index (χ1v) is 7.57. The highest BCUT2D eigenvalue weighted by Crippen LogP contribution is 2.27. The van der Waals surface area contributed by atoms with Crippen molar-refractivity contribution in [1.29, 1.82) is 0 Å². The highest BCUT2D eigenvalue weighted by molar-refractivity contribution is 5.94. The molecule has 5 nitrogen and oxygen atoms in total. The summed E-state index contributed by atoms with van der Waals surface area (Å²) in [6.07, 6.45) is -3.27. The molecule has 1 aromatic heterocycles. The standard InChI is InChI=1S/C17H18F3N3O2/c1-11(10-24)23-16(25)13-3-5-14(6-4-13)21-8-12-2-7-15(22-9-12)17(18,19)20/h2-7,9,11,21,24H,8,10H2,1H3,(H,23,25). The van der Waals surface area contributed by atoms with E-state index in [-0.39, 0.29) is 18.6 Å². The molecular formula is C17H18F3N3O2. The number of aromatic nitrogens is 1. The SMILES string of the molecule is CC(CO)NC(=O)c1ccc(NCc2ccc(C(F)(F)F)nc2)cc1. The lowest BCUT2D eigenvalue weighted by atomic mass is 10.1. The topological polar surface area (TPSA) is 74.2 Å². The number of benzene rings is 1. The molecule has 0 aliphatic carbocycles. The van der Waals surface area contributed by atoms with E-state index in [9.17, 15) is 18.0 Å². The predicted molar refractivity (Wildman–Crippen MR) is 87.0 cm³/mol. The maximum atomic E-state index is 12.5. The molecule has 0 saturated carbocycles. The molecule has 2 rings (SSSR count). The normalized spacial score (nSPS) is 12.5. The molecule has 0 bridgehead atoms. The molecule has 134 valence electrons. The number of alkyl halides is 3. The lowest BCUT2D eigenvalue weighted by Gasteiger charge is -2.12. The van der Waals surface area contributed by atoms with Crippen molar-refractivity contribution in [1.82, 2.24) is 10.3 Å². The van der Waals surface area contributed by atoms with Crippen LogP contribution in [0.25, 0.3) is 0 Å². The summed E-state index contributed by atoms with van der Waals surface area (Å²) < 4.78 is 37.4. The number of hydrogen-bond acceptors (Lipinski definition) is 4. The minimum atomic E-state index is -4.45. The van der Waals surface area contributed by atoms with Gasteiger partial charge in [0, 0.05) is 30.0 Å². The van der Waals surface area contributed by atoms with Crippen LogP contribution in [0.3, 0.4) is 0 Å². The van der Waals surface area contributed by atoms with Gasteiger partial charge in [0.1, 0.15) is 5.69 Å². The number of carbonyl (C=O) groups excluding carboxylic acids is 1. The predicted octanol–water partition coefficient (Wildman–Crippen LogP) is 2.82. The van der Waals surface area contributed by atoms with Crippen LogP contribution in [0.1, 0.15) is 28.5 Å². The van der Waals surface area contributed by atoms with Crippen molar-refractivity contribution in [3.05, 3.63) is 59.4 Å². The van der Waals surface area contributed by atoms with Gasteiger partial charge in [0.25, 0.3) is 5.91 Å². The molecule has 0 saturated heterocycles. The lowest BCUT2D eigenvalue weighted by Crippen LogP contribution is -2.34. The van der Waals surface area contributed by atoms with Crippen molar-refractivity contribution in [3.63, 3.8) is 0 Å². The van der Waals surface area contributed by atoms with Crippen molar-refractivity contribution < 1.29 is 23.1 Å². The van der Waals surface area contributed by atoms with Crippen LogP contribution in [0.15, 0.2) is 42.6 Å². The van der Waals surface area contributed by atoms with Crippen LogP contribution in [0.5, 0.6) is 0 Å². The molecule has 0 spiro atoms. The van der Waals surface area contributed by atoms with Crippen LogP contribution in [0, 0.1) is 0 Å². The number of nitrogens with zero attached hydrogens (tertiary/aromatic N) is 1. The number of carbonyl (C=O) groups is 1. The number of aliphatic hydroxyl groups excluding tert-OH is 1. The van der Waals surface area contributed by atoms with Gasteiger partial charge in [0.2, 0.25) is 0 Å². The molecule has 1 amide bonds. The van der Waals surface area contributed by atoms with Crippen molar-refractivity contribution in [2.75, 3.05) is 11.9 Å². The van der Waals surface area contributed by atoms with Gasteiger partial charge in [0.05, 0.1) is 6.61 Å². The van der Waals surface area contributed by atoms with Crippen LogP contribution < -0.4 is 10.6 Å². The quantitative estimate of drug-likeness (QED) is 0.747. The lowest BCUT2D eigenvalue weighted by molar-refractivity contribution is -0.141. The minimum Gasteiger partial charge on any atom is -0.394 e. The van der Waals surface area contributed by atoms with E-state index in [4.69, 9.17) is 5.11 Å². The zero-order valence-electron chi connectivity index (χ0n) is 13.5. The minimum absolute atomic E-state index is 0.146. The van der Waals surface area contributed by atoms with E-state index in [0.29, 0.717) is 23.4 Å². The monoisotopic (exact) mass is 353 g/mol. The fourth-order valence-corrected chi connectivity index (χ4v) is 1.99. The van der Waals surface area contributed by atoms with Gasteiger partial charge in [-0.3, -0.25) is 9.78 Å².